The Kier molecular flexibility index (Phi) is 5.04. The molecule has 0 aliphatic rings. The third-order valence-electron chi connectivity index (χ3n) is 3.42. The summed E-state index contributed by atoms with van der Waals surface area (Å²) in [5.74, 6) is -0.349. The smallest absolute Gasteiger partial charge is 0.297 e. The third kappa shape index (κ3) is 3.39. The Morgan fingerprint density at radius 1 is 1.27 bits per heavy atom. The Bertz CT molecular complexity index is 790. The van der Waals surface area contributed by atoms with Gasteiger partial charge in [-0.05, 0) is 37.6 Å². The molecular weight excluding hydrogens is 300 g/mol. The second-order valence-electron chi connectivity index (χ2n) is 5.04. The molecule has 1 atom stereocenters. The Hall–Kier alpha value is -2.50. The van der Waals surface area contributed by atoms with Crippen LogP contribution in [-0.4, -0.2) is 9.13 Å². The Labute approximate surface area is 133 Å². The standard InChI is InChI=1S/C16H15ClN4O/c1-12-10-20(11-13(9-19)3-2-8-18)16(22)21(12)15-6-4-14(17)5-7-15/h4-7,10,13H,2-3,11H2,1H3/t13-/m1/s1. The number of rotatable bonds is 5. The van der Waals surface area contributed by atoms with Crippen LogP contribution in [-0.2, 0) is 6.54 Å². The van der Waals surface area contributed by atoms with Crippen LogP contribution >= 0.6 is 11.6 Å². The average Bonchev–Trinajstić information content (AvgIpc) is 2.79. The lowest BCUT2D eigenvalue weighted by Gasteiger charge is -2.07. The first-order chi connectivity index (χ1) is 10.6. The van der Waals surface area contributed by atoms with Crippen LogP contribution in [0.4, 0.5) is 0 Å². The fraction of sp³-hybridized carbons (Fsp3) is 0.312. The van der Waals surface area contributed by atoms with E-state index in [1.165, 1.54) is 4.57 Å². The molecule has 0 N–H and O–H groups in total. The van der Waals surface area contributed by atoms with Crippen molar-refractivity contribution in [3.05, 3.63) is 51.7 Å². The molecule has 2 aromatic rings. The molecule has 1 aromatic carbocycles. The number of hydrogen-bond donors (Lipinski definition) is 0. The number of nitriles is 2. The highest BCUT2D eigenvalue weighted by molar-refractivity contribution is 6.30. The molecule has 0 spiro atoms. The fourth-order valence-electron chi connectivity index (χ4n) is 2.33. The summed E-state index contributed by atoms with van der Waals surface area (Å²) < 4.78 is 3.10. The summed E-state index contributed by atoms with van der Waals surface area (Å²) in [4.78, 5) is 12.5. The highest BCUT2D eigenvalue weighted by Gasteiger charge is 2.14. The van der Waals surface area contributed by atoms with Crippen molar-refractivity contribution < 1.29 is 0 Å². The molecule has 2 rings (SSSR count). The van der Waals surface area contributed by atoms with Gasteiger partial charge < -0.3 is 0 Å². The van der Waals surface area contributed by atoms with Crippen LogP contribution in [0.5, 0.6) is 0 Å². The van der Waals surface area contributed by atoms with E-state index in [0.29, 0.717) is 24.4 Å². The van der Waals surface area contributed by atoms with Gasteiger partial charge in [0.05, 0.1) is 23.7 Å². The highest BCUT2D eigenvalue weighted by atomic mass is 35.5. The van der Waals surface area contributed by atoms with Gasteiger partial charge in [-0.25, -0.2) is 4.79 Å². The van der Waals surface area contributed by atoms with Crippen LogP contribution in [0.25, 0.3) is 5.69 Å². The molecule has 0 bridgehead atoms. The van der Waals surface area contributed by atoms with Gasteiger partial charge in [-0.2, -0.15) is 10.5 Å². The van der Waals surface area contributed by atoms with Crippen molar-refractivity contribution in [3.8, 4) is 17.8 Å². The summed E-state index contributed by atoms with van der Waals surface area (Å²) in [6.07, 6.45) is 2.50. The monoisotopic (exact) mass is 314 g/mol. The minimum Gasteiger partial charge on any atom is -0.297 e. The van der Waals surface area contributed by atoms with Crippen LogP contribution in [0.3, 0.4) is 0 Å². The van der Waals surface area contributed by atoms with Crippen molar-refractivity contribution >= 4 is 11.6 Å². The Morgan fingerprint density at radius 2 is 1.95 bits per heavy atom. The topological polar surface area (TPSA) is 74.5 Å². The molecule has 0 aliphatic heterocycles. The van der Waals surface area contributed by atoms with Crippen molar-refractivity contribution in [2.45, 2.75) is 26.3 Å². The average molecular weight is 315 g/mol. The van der Waals surface area contributed by atoms with Crippen LogP contribution in [0.1, 0.15) is 18.5 Å². The van der Waals surface area contributed by atoms with Crippen molar-refractivity contribution in [3.63, 3.8) is 0 Å². The summed E-state index contributed by atoms with van der Waals surface area (Å²) in [7, 11) is 0. The number of aryl methyl sites for hydroxylation is 1. The first-order valence-electron chi connectivity index (χ1n) is 6.88. The largest absolute Gasteiger partial charge is 0.332 e. The van der Waals surface area contributed by atoms with E-state index in [1.54, 1.807) is 35.0 Å². The zero-order chi connectivity index (χ0) is 16.1. The van der Waals surface area contributed by atoms with E-state index in [1.807, 2.05) is 13.0 Å². The van der Waals surface area contributed by atoms with Crippen LogP contribution in [0.2, 0.25) is 5.02 Å². The molecule has 0 saturated carbocycles. The maximum Gasteiger partial charge on any atom is 0.332 e. The van der Waals surface area contributed by atoms with Gasteiger partial charge in [0, 0.05) is 29.9 Å². The van der Waals surface area contributed by atoms with E-state index in [-0.39, 0.29) is 11.6 Å². The summed E-state index contributed by atoms with van der Waals surface area (Å²) >= 11 is 5.87. The quantitative estimate of drug-likeness (QED) is 0.851. The molecule has 6 heteroatoms. The van der Waals surface area contributed by atoms with E-state index >= 15 is 0 Å². The first kappa shape index (κ1) is 15.9. The van der Waals surface area contributed by atoms with Crippen LogP contribution in [0.15, 0.2) is 35.3 Å². The summed E-state index contributed by atoms with van der Waals surface area (Å²) in [6, 6.07) is 11.2. The third-order valence-corrected chi connectivity index (χ3v) is 3.67. The van der Waals surface area contributed by atoms with Gasteiger partial charge in [0.25, 0.3) is 0 Å². The molecule has 1 heterocycles. The summed E-state index contributed by atoms with van der Waals surface area (Å²) in [5, 5.41) is 18.3. The number of halogens is 1. The zero-order valence-electron chi connectivity index (χ0n) is 12.2. The summed E-state index contributed by atoms with van der Waals surface area (Å²) in [5.41, 5.74) is 1.32. The van der Waals surface area contributed by atoms with Gasteiger partial charge in [0.2, 0.25) is 0 Å². The molecule has 0 aliphatic carbocycles. The molecule has 5 nitrogen and oxygen atoms in total. The number of benzene rings is 1. The van der Waals surface area contributed by atoms with Gasteiger partial charge in [-0.3, -0.25) is 9.13 Å². The second kappa shape index (κ2) is 6.98. The molecule has 112 valence electrons. The van der Waals surface area contributed by atoms with Gasteiger partial charge in [-0.1, -0.05) is 11.6 Å². The molecule has 0 amide bonds. The van der Waals surface area contributed by atoms with Gasteiger partial charge in [-0.15, -0.1) is 0 Å². The lowest BCUT2D eigenvalue weighted by atomic mass is 10.1. The van der Waals surface area contributed by atoms with E-state index in [9.17, 15) is 4.79 Å². The van der Waals surface area contributed by atoms with E-state index < -0.39 is 0 Å². The van der Waals surface area contributed by atoms with Gasteiger partial charge >= 0.3 is 5.69 Å². The molecule has 0 unspecified atom stereocenters. The number of imidazole rings is 1. The van der Waals surface area contributed by atoms with E-state index in [4.69, 9.17) is 22.1 Å². The molecular formula is C16H15ClN4O. The predicted octanol–water partition coefficient (Wildman–Crippen LogP) is 3.04. The number of aromatic nitrogens is 2. The highest BCUT2D eigenvalue weighted by Crippen LogP contribution is 2.15. The Morgan fingerprint density at radius 3 is 2.55 bits per heavy atom. The molecule has 22 heavy (non-hydrogen) atoms. The molecule has 0 fully saturated rings. The fourth-order valence-corrected chi connectivity index (χ4v) is 2.45. The lowest BCUT2D eigenvalue weighted by Crippen LogP contribution is -2.26. The SMILES string of the molecule is Cc1cn(C[C@@H](C#N)CCC#N)c(=O)n1-c1ccc(Cl)cc1. The number of nitrogens with zero attached hydrogens (tertiary/aromatic N) is 4. The zero-order valence-corrected chi connectivity index (χ0v) is 12.9. The van der Waals surface area contributed by atoms with Gasteiger partial charge in [0.1, 0.15) is 0 Å². The minimum absolute atomic E-state index is 0.197. The molecule has 0 saturated heterocycles. The van der Waals surface area contributed by atoms with Crippen molar-refractivity contribution in [2.75, 3.05) is 0 Å². The Balaban J connectivity index is 2.32. The van der Waals surface area contributed by atoms with Crippen LogP contribution in [0, 0.1) is 35.5 Å². The summed E-state index contributed by atoms with van der Waals surface area (Å²) in [6.45, 7) is 2.13. The van der Waals surface area contributed by atoms with Crippen molar-refractivity contribution in [1.82, 2.24) is 9.13 Å². The van der Waals surface area contributed by atoms with Crippen molar-refractivity contribution in [1.29, 1.82) is 10.5 Å². The molecule has 0 radical (unpaired) electrons. The van der Waals surface area contributed by atoms with Gasteiger partial charge in [0.15, 0.2) is 0 Å². The van der Waals surface area contributed by atoms with E-state index in [2.05, 4.69) is 6.07 Å². The van der Waals surface area contributed by atoms with Crippen molar-refractivity contribution in [2.24, 2.45) is 5.92 Å². The second-order valence-corrected chi connectivity index (χ2v) is 5.48. The molecule has 1 aromatic heterocycles. The lowest BCUT2D eigenvalue weighted by molar-refractivity contribution is 0.499. The van der Waals surface area contributed by atoms with E-state index in [0.717, 1.165) is 11.4 Å². The maximum absolute atomic E-state index is 12.5. The maximum atomic E-state index is 12.5. The first-order valence-corrected chi connectivity index (χ1v) is 7.26. The predicted molar refractivity (Wildman–Crippen MR) is 83.7 cm³/mol. The minimum atomic E-state index is -0.349. The van der Waals surface area contributed by atoms with Crippen LogP contribution < -0.4 is 5.69 Å². The normalized spacial score (nSPS) is 11.6. The number of hydrogen-bond acceptors (Lipinski definition) is 3.